The molecule has 0 aliphatic heterocycles. The molecule has 0 heteroatoms. The van der Waals surface area contributed by atoms with Crippen LogP contribution in [0.1, 0.15) is 59.3 Å². The molecular weight excluding hydrogens is 192 g/mol. The zero-order chi connectivity index (χ0) is 11.3. The molecule has 0 saturated heterocycles. The van der Waals surface area contributed by atoms with Gasteiger partial charge in [0.15, 0.2) is 0 Å². The summed E-state index contributed by atoms with van der Waals surface area (Å²) in [6.45, 7) is 7.55. The largest absolute Gasteiger partial charge is 0.0625 e. The standard InChI is InChI=1S/C16H28/c1-10-4-6-13-12(3)14-7-5-11(2)9-16(14)15(13)8-10/h10-16H,4-9H2,1-3H3. The third-order valence-electron chi connectivity index (χ3n) is 6.34. The molecule has 0 amide bonds. The fraction of sp³-hybridized carbons (Fsp3) is 1.00. The normalized spacial score (nSPS) is 56.8. The van der Waals surface area contributed by atoms with Crippen molar-refractivity contribution in [3.63, 3.8) is 0 Å². The molecule has 0 N–H and O–H groups in total. The Labute approximate surface area is 101 Å². The maximum Gasteiger partial charge on any atom is -0.0349 e. The molecule has 0 nitrogen and oxygen atoms in total. The van der Waals surface area contributed by atoms with E-state index in [1.165, 1.54) is 12.8 Å². The number of fused-ring (bicyclic) bond motifs is 3. The molecule has 0 aromatic heterocycles. The quantitative estimate of drug-likeness (QED) is 0.553. The zero-order valence-corrected chi connectivity index (χ0v) is 11.3. The van der Waals surface area contributed by atoms with Gasteiger partial charge >= 0.3 is 0 Å². The first-order valence-electron chi connectivity index (χ1n) is 7.66. The molecule has 92 valence electrons. The van der Waals surface area contributed by atoms with E-state index in [4.69, 9.17) is 0 Å². The lowest BCUT2D eigenvalue weighted by Gasteiger charge is -2.37. The van der Waals surface area contributed by atoms with Crippen LogP contribution in [0.3, 0.4) is 0 Å². The second-order valence-electron chi connectivity index (χ2n) is 7.35. The van der Waals surface area contributed by atoms with Crippen LogP contribution in [-0.4, -0.2) is 0 Å². The molecule has 0 spiro atoms. The van der Waals surface area contributed by atoms with Crippen LogP contribution in [0, 0.1) is 41.4 Å². The van der Waals surface area contributed by atoms with E-state index in [9.17, 15) is 0 Å². The molecule has 0 aromatic rings. The summed E-state index contributed by atoms with van der Waals surface area (Å²) >= 11 is 0. The second-order valence-corrected chi connectivity index (χ2v) is 7.35. The Balaban J connectivity index is 1.81. The molecule has 3 aliphatic carbocycles. The minimum atomic E-state index is 1.02. The molecule has 3 saturated carbocycles. The molecule has 3 rings (SSSR count). The number of hydrogen-bond acceptors (Lipinski definition) is 0. The molecule has 0 bridgehead atoms. The Bertz CT molecular complexity index is 231. The van der Waals surface area contributed by atoms with Gasteiger partial charge in [-0.1, -0.05) is 33.6 Å². The highest BCUT2D eigenvalue weighted by Gasteiger charge is 2.50. The smallest absolute Gasteiger partial charge is 0.0349 e. The Morgan fingerprint density at radius 3 is 1.44 bits per heavy atom. The molecule has 6 atom stereocenters. The fourth-order valence-electron chi connectivity index (χ4n) is 5.50. The van der Waals surface area contributed by atoms with E-state index in [2.05, 4.69) is 20.8 Å². The van der Waals surface area contributed by atoms with Crippen LogP contribution >= 0.6 is 0 Å². The van der Waals surface area contributed by atoms with Gasteiger partial charge in [0.2, 0.25) is 0 Å². The van der Waals surface area contributed by atoms with Crippen molar-refractivity contribution in [3.05, 3.63) is 0 Å². The Morgan fingerprint density at radius 1 is 0.562 bits per heavy atom. The van der Waals surface area contributed by atoms with Crippen LogP contribution in [0.25, 0.3) is 0 Å². The van der Waals surface area contributed by atoms with Crippen molar-refractivity contribution in [3.8, 4) is 0 Å². The Kier molecular flexibility index (Phi) is 2.80. The van der Waals surface area contributed by atoms with Gasteiger partial charge in [-0.25, -0.2) is 0 Å². The summed E-state index contributed by atoms with van der Waals surface area (Å²) in [6.07, 6.45) is 9.25. The fourth-order valence-corrected chi connectivity index (χ4v) is 5.50. The van der Waals surface area contributed by atoms with Gasteiger partial charge in [-0.3, -0.25) is 0 Å². The van der Waals surface area contributed by atoms with Gasteiger partial charge in [0.1, 0.15) is 0 Å². The average molecular weight is 220 g/mol. The van der Waals surface area contributed by atoms with E-state index in [0.29, 0.717) is 0 Å². The van der Waals surface area contributed by atoms with Crippen LogP contribution in [-0.2, 0) is 0 Å². The Morgan fingerprint density at radius 2 is 1.00 bits per heavy atom. The lowest BCUT2D eigenvalue weighted by atomic mass is 9.69. The highest BCUT2D eigenvalue weighted by molar-refractivity contribution is 4.99. The monoisotopic (exact) mass is 220 g/mol. The second kappa shape index (κ2) is 4.03. The minimum absolute atomic E-state index is 1.02. The van der Waals surface area contributed by atoms with E-state index >= 15 is 0 Å². The van der Waals surface area contributed by atoms with Gasteiger partial charge in [0.25, 0.3) is 0 Å². The van der Waals surface area contributed by atoms with Gasteiger partial charge in [-0.15, -0.1) is 0 Å². The van der Waals surface area contributed by atoms with Gasteiger partial charge in [-0.2, -0.15) is 0 Å². The summed E-state index contributed by atoms with van der Waals surface area (Å²) in [7, 11) is 0. The molecule has 0 aromatic carbocycles. The maximum atomic E-state index is 2.58. The molecule has 3 fully saturated rings. The first-order chi connectivity index (χ1) is 7.66. The van der Waals surface area contributed by atoms with Crippen molar-refractivity contribution in [2.45, 2.75) is 59.3 Å². The van der Waals surface area contributed by atoms with E-state index in [1.54, 1.807) is 25.7 Å². The SMILES string of the molecule is CC1CCC2C(C)C3CCC(C)CC3C2C1. The van der Waals surface area contributed by atoms with Crippen molar-refractivity contribution in [2.24, 2.45) is 41.4 Å². The zero-order valence-electron chi connectivity index (χ0n) is 11.3. The summed E-state index contributed by atoms with van der Waals surface area (Å²) in [6, 6.07) is 0. The summed E-state index contributed by atoms with van der Waals surface area (Å²) in [5.41, 5.74) is 0. The topological polar surface area (TPSA) is 0 Å². The van der Waals surface area contributed by atoms with Gasteiger partial charge < -0.3 is 0 Å². The Hall–Kier alpha value is 0. The number of rotatable bonds is 0. The maximum absolute atomic E-state index is 2.58. The van der Waals surface area contributed by atoms with Crippen molar-refractivity contribution >= 4 is 0 Å². The lowest BCUT2D eigenvalue weighted by Crippen LogP contribution is -2.28. The van der Waals surface area contributed by atoms with E-state index in [-0.39, 0.29) is 0 Å². The van der Waals surface area contributed by atoms with E-state index < -0.39 is 0 Å². The summed E-state index contributed by atoms with van der Waals surface area (Å²) in [5, 5.41) is 0. The van der Waals surface area contributed by atoms with Crippen molar-refractivity contribution in [1.82, 2.24) is 0 Å². The highest BCUT2D eigenvalue weighted by atomic mass is 14.6. The van der Waals surface area contributed by atoms with Crippen LogP contribution < -0.4 is 0 Å². The minimum Gasteiger partial charge on any atom is -0.0625 e. The highest BCUT2D eigenvalue weighted by Crippen LogP contribution is 2.58. The van der Waals surface area contributed by atoms with Crippen LogP contribution in [0.15, 0.2) is 0 Å². The first-order valence-corrected chi connectivity index (χ1v) is 7.66. The third-order valence-corrected chi connectivity index (χ3v) is 6.34. The van der Waals surface area contributed by atoms with Gasteiger partial charge in [0.05, 0.1) is 0 Å². The van der Waals surface area contributed by atoms with Crippen LogP contribution in [0.2, 0.25) is 0 Å². The molecule has 3 aliphatic rings. The number of hydrogen-bond donors (Lipinski definition) is 0. The summed E-state index contributed by atoms with van der Waals surface area (Å²) in [4.78, 5) is 0. The van der Waals surface area contributed by atoms with Gasteiger partial charge in [-0.05, 0) is 67.1 Å². The predicted molar refractivity (Wildman–Crippen MR) is 69.2 cm³/mol. The van der Waals surface area contributed by atoms with Crippen LogP contribution in [0.4, 0.5) is 0 Å². The van der Waals surface area contributed by atoms with Crippen molar-refractivity contribution < 1.29 is 0 Å². The average Bonchev–Trinajstić information content (AvgIpc) is 2.52. The van der Waals surface area contributed by atoms with E-state index in [0.717, 1.165) is 41.4 Å². The summed E-state index contributed by atoms with van der Waals surface area (Å²) in [5.74, 6) is 7.54. The van der Waals surface area contributed by atoms with Crippen molar-refractivity contribution in [2.75, 3.05) is 0 Å². The van der Waals surface area contributed by atoms with Crippen LogP contribution in [0.5, 0.6) is 0 Å². The first kappa shape index (κ1) is 11.1. The van der Waals surface area contributed by atoms with E-state index in [1.807, 2.05) is 0 Å². The molecule has 6 unspecified atom stereocenters. The summed E-state index contributed by atoms with van der Waals surface area (Å²) < 4.78 is 0. The third kappa shape index (κ3) is 1.64. The molecular formula is C16H28. The van der Waals surface area contributed by atoms with Gasteiger partial charge in [0, 0.05) is 0 Å². The molecule has 0 heterocycles. The lowest BCUT2D eigenvalue weighted by molar-refractivity contribution is 0.133. The molecule has 16 heavy (non-hydrogen) atoms. The van der Waals surface area contributed by atoms with Crippen molar-refractivity contribution in [1.29, 1.82) is 0 Å². The molecule has 0 radical (unpaired) electrons. The predicted octanol–water partition coefficient (Wildman–Crippen LogP) is 4.74.